The summed E-state index contributed by atoms with van der Waals surface area (Å²) in [5, 5.41) is 5.47. The van der Waals surface area contributed by atoms with Crippen LogP contribution in [-0.4, -0.2) is 35.3 Å². The molecule has 7 heteroatoms. The largest absolute Gasteiger partial charge is 0.350 e. The minimum Gasteiger partial charge on any atom is -0.350 e. The normalized spacial score (nSPS) is 17.4. The van der Waals surface area contributed by atoms with E-state index >= 15 is 0 Å². The minimum absolute atomic E-state index is 0.0879. The molecule has 1 fully saturated rings. The van der Waals surface area contributed by atoms with Gasteiger partial charge in [0.2, 0.25) is 17.7 Å². The van der Waals surface area contributed by atoms with E-state index in [4.69, 9.17) is 0 Å². The Morgan fingerprint density at radius 1 is 1.22 bits per heavy atom. The third-order valence-electron chi connectivity index (χ3n) is 4.51. The molecule has 1 aliphatic rings. The maximum atomic E-state index is 12.5. The summed E-state index contributed by atoms with van der Waals surface area (Å²) in [4.78, 5) is 42.5. The molecule has 7 nitrogen and oxygen atoms in total. The molecule has 0 bridgehead atoms. The maximum absolute atomic E-state index is 12.5. The zero-order valence-corrected chi connectivity index (χ0v) is 15.1. The summed E-state index contributed by atoms with van der Waals surface area (Å²) >= 11 is 0. The highest BCUT2D eigenvalue weighted by Gasteiger charge is 2.35. The molecule has 1 saturated heterocycles. The smallest absolute Gasteiger partial charge is 0.242 e. The molecule has 2 atom stereocenters. The van der Waals surface area contributed by atoms with E-state index in [-0.39, 0.29) is 24.1 Å². The van der Waals surface area contributed by atoms with Crippen LogP contribution < -0.4 is 15.5 Å². The van der Waals surface area contributed by atoms with E-state index in [1.807, 2.05) is 36.4 Å². The van der Waals surface area contributed by atoms with E-state index < -0.39 is 12.0 Å². The second kappa shape index (κ2) is 8.44. The van der Waals surface area contributed by atoms with Gasteiger partial charge in [0, 0.05) is 37.6 Å². The third-order valence-corrected chi connectivity index (χ3v) is 4.51. The van der Waals surface area contributed by atoms with Gasteiger partial charge in [0.25, 0.3) is 0 Å². The number of nitrogens with one attached hydrogen (secondary N) is 2. The summed E-state index contributed by atoms with van der Waals surface area (Å²) in [5.41, 5.74) is 1.66. The van der Waals surface area contributed by atoms with Crippen LogP contribution in [0.3, 0.4) is 0 Å². The summed E-state index contributed by atoms with van der Waals surface area (Å²) in [5.74, 6) is -1.12. The first kappa shape index (κ1) is 18.6. The molecular weight excluding hydrogens is 344 g/mol. The van der Waals surface area contributed by atoms with Gasteiger partial charge in [0.05, 0.1) is 5.92 Å². The summed E-state index contributed by atoms with van der Waals surface area (Å²) in [7, 11) is 0. The molecule has 1 aliphatic heterocycles. The molecule has 0 aliphatic carbocycles. The minimum atomic E-state index is -0.685. The molecule has 0 radical (unpaired) electrons. The Bertz CT molecular complexity index is 810. The summed E-state index contributed by atoms with van der Waals surface area (Å²) in [6.45, 7) is 2.29. The fourth-order valence-corrected chi connectivity index (χ4v) is 2.98. The van der Waals surface area contributed by atoms with E-state index in [1.54, 1.807) is 30.3 Å². The van der Waals surface area contributed by atoms with Gasteiger partial charge < -0.3 is 15.5 Å². The summed E-state index contributed by atoms with van der Waals surface area (Å²) in [6.07, 6.45) is 3.48. The van der Waals surface area contributed by atoms with Gasteiger partial charge in [-0.1, -0.05) is 24.3 Å². The second-order valence-electron chi connectivity index (χ2n) is 6.55. The number of pyridine rings is 1. The zero-order valence-electron chi connectivity index (χ0n) is 15.1. The predicted molar refractivity (Wildman–Crippen MR) is 101 cm³/mol. The molecular formula is C20H22N4O3. The van der Waals surface area contributed by atoms with Crippen molar-refractivity contribution in [1.29, 1.82) is 0 Å². The summed E-state index contributed by atoms with van der Waals surface area (Å²) in [6, 6.07) is 12.2. The molecule has 27 heavy (non-hydrogen) atoms. The van der Waals surface area contributed by atoms with E-state index in [9.17, 15) is 14.4 Å². The molecule has 2 N–H and O–H groups in total. The van der Waals surface area contributed by atoms with Crippen LogP contribution in [0.4, 0.5) is 5.69 Å². The van der Waals surface area contributed by atoms with Gasteiger partial charge in [-0.05, 0) is 30.7 Å². The highest BCUT2D eigenvalue weighted by Crippen LogP contribution is 2.24. The van der Waals surface area contributed by atoms with Crippen LogP contribution in [0.5, 0.6) is 0 Å². The predicted octanol–water partition coefficient (Wildman–Crippen LogP) is 1.26. The number of rotatable bonds is 6. The van der Waals surface area contributed by atoms with E-state index in [0.29, 0.717) is 13.1 Å². The first-order valence-corrected chi connectivity index (χ1v) is 8.87. The Hall–Kier alpha value is -3.22. The van der Waals surface area contributed by atoms with Crippen LogP contribution in [0.1, 0.15) is 18.9 Å². The van der Waals surface area contributed by atoms with Crippen molar-refractivity contribution in [2.24, 2.45) is 5.92 Å². The number of aromatic nitrogens is 1. The van der Waals surface area contributed by atoms with Crippen LogP contribution >= 0.6 is 0 Å². The van der Waals surface area contributed by atoms with Gasteiger partial charge in [-0.15, -0.1) is 0 Å². The lowest BCUT2D eigenvalue weighted by molar-refractivity contribution is -0.131. The number of hydrogen-bond donors (Lipinski definition) is 2. The Morgan fingerprint density at radius 2 is 2.00 bits per heavy atom. The number of benzene rings is 1. The lowest BCUT2D eigenvalue weighted by atomic mass is 10.1. The maximum Gasteiger partial charge on any atom is 0.242 e. The topological polar surface area (TPSA) is 91.4 Å². The van der Waals surface area contributed by atoms with Gasteiger partial charge in [-0.2, -0.15) is 0 Å². The average molecular weight is 366 g/mol. The fraction of sp³-hybridized carbons (Fsp3) is 0.300. The van der Waals surface area contributed by atoms with Crippen molar-refractivity contribution in [3.8, 4) is 0 Å². The van der Waals surface area contributed by atoms with E-state index in [0.717, 1.165) is 11.3 Å². The van der Waals surface area contributed by atoms with Crippen molar-refractivity contribution in [3.63, 3.8) is 0 Å². The summed E-state index contributed by atoms with van der Waals surface area (Å²) < 4.78 is 0. The Labute approximate surface area is 157 Å². The van der Waals surface area contributed by atoms with Crippen LogP contribution in [-0.2, 0) is 20.9 Å². The van der Waals surface area contributed by atoms with Gasteiger partial charge in [0.1, 0.15) is 6.04 Å². The van der Waals surface area contributed by atoms with Crippen molar-refractivity contribution in [2.45, 2.75) is 25.9 Å². The number of carbonyl (C=O) groups is 3. The zero-order chi connectivity index (χ0) is 19.2. The van der Waals surface area contributed by atoms with Crippen molar-refractivity contribution in [3.05, 3.63) is 60.4 Å². The van der Waals surface area contributed by atoms with Crippen LogP contribution in [0.15, 0.2) is 54.9 Å². The highest BCUT2D eigenvalue weighted by atomic mass is 16.2. The number of para-hydroxylation sites is 1. The number of hydrogen-bond acceptors (Lipinski definition) is 4. The second-order valence-corrected chi connectivity index (χ2v) is 6.55. The quantitative estimate of drug-likeness (QED) is 0.805. The molecule has 2 aromatic rings. The molecule has 1 aromatic carbocycles. The average Bonchev–Trinajstić information content (AvgIpc) is 3.09. The van der Waals surface area contributed by atoms with Gasteiger partial charge in [0.15, 0.2) is 0 Å². The van der Waals surface area contributed by atoms with Gasteiger partial charge >= 0.3 is 0 Å². The van der Waals surface area contributed by atoms with E-state index in [2.05, 4.69) is 15.6 Å². The fourth-order valence-electron chi connectivity index (χ4n) is 2.98. The molecule has 0 saturated carbocycles. The number of carbonyl (C=O) groups excluding carboxylic acids is 3. The molecule has 1 aromatic heterocycles. The van der Waals surface area contributed by atoms with Gasteiger partial charge in [-0.3, -0.25) is 19.4 Å². The SMILES string of the molecule is CC(NC(=O)C1CC(=O)N(c2ccccc2)C1)C(=O)NCc1cccnc1. The number of amides is 3. The number of nitrogens with zero attached hydrogens (tertiary/aromatic N) is 2. The molecule has 2 unspecified atom stereocenters. The molecule has 0 spiro atoms. The van der Waals surface area contributed by atoms with E-state index in [1.165, 1.54) is 0 Å². The Morgan fingerprint density at radius 3 is 2.70 bits per heavy atom. The molecule has 140 valence electrons. The Kier molecular flexibility index (Phi) is 5.80. The number of anilines is 1. The van der Waals surface area contributed by atoms with Crippen molar-refractivity contribution in [2.75, 3.05) is 11.4 Å². The first-order valence-electron chi connectivity index (χ1n) is 8.87. The highest BCUT2D eigenvalue weighted by molar-refractivity contribution is 6.01. The molecule has 3 rings (SSSR count). The van der Waals surface area contributed by atoms with Crippen LogP contribution in [0, 0.1) is 5.92 Å². The molecule has 2 heterocycles. The lowest BCUT2D eigenvalue weighted by Crippen LogP contribution is -2.47. The third kappa shape index (κ3) is 4.69. The van der Waals surface area contributed by atoms with Crippen molar-refractivity contribution in [1.82, 2.24) is 15.6 Å². The standard InChI is InChI=1S/C20H22N4O3/c1-14(19(26)22-12-15-6-5-9-21-11-15)23-20(27)16-10-18(25)24(13-16)17-7-3-2-4-8-17/h2-9,11,14,16H,10,12-13H2,1H3,(H,22,26)(H,23,27). The molecule has 3 amide bonds. The van der Waals surface area contributed by atoms with Gasteiger partial charge in [-0.25, -0.2) is 0 Å². The monoisotopic (exact) mass is 366 g/mol. The van der Waals surface area contributed by atoms with Crippen LogP contribution in [0.2, 0.25) is 0 Å². The van der Waals surface area contributed by atoms with Crippen molar-refractivity contribution >= 4 is 23.4 Å². The lowest BCUT2D eigenvalue weighted by Gasteiger charge is -2.18. The Balaban J connectivity index is 1.51. The van der Waals surface area contributed by atoms with Crippen LogP contribution in [0.25, 0.3) is 0 Å². The van der Waals surface area contributed by atoms with Crippen molar-refractivity contribution < 1.29 is 14.4 Å². The first-order chi connectivity index (χ1) is 13.0.